The van der Waals surface area contributed by atoms with Gasteiger partial charge in [0.15, 0.2) is 11.3 Å². The minimum Gasteiger partial charge on any atom is -0.481 e. The lowest BCUT2D eigenvalue weighted by Gasteiger charge is -2.08. The molecule has 0 aliphatic carbocycles. The van der Waals surface area contributed by atoms with E-state index in [9.17, 15) is 4.79 Å². The zero-order chi connectivity index (χ0) is 23.5. The zero-order valence-corrected chi connectivity index (χ0v) is 18.8. The van der Waals surface area contributed by atoms with Gasteiger partial charge in [-0.05, 0) is 29.3 Å². The predicted octanol–water partition coefficient (Wildman–Crippen LogP) is 3.08. The number of hydrogen-bond donors (Lipinski definition) is 1. The van der Waals surface area contributed by atoms with E-state index in [0.29, 0.717) is 30.2 Å². The van der Waals surface area contributed by atoms with Crippen LogP contribution in [0.4, 0.5) is 0 Å². The van der Waals surface area contributed by atoms with Crippen LogP contribution in [-0.4, -0.2) is 42.5 Å². The van der Waals surface area contributed by atoms with Crippen molar-refractivity contribution in [1.29, 1.82) is 0 Å². The number of nitrogens with one attached hydrogen (secondary N) is 1. The van der Waals surface area contributed by atoms with Crippen LogP contribution in [-0.2, 0) is 20.0 Å². The number of pyridine rings is 1. The first-order chi connectivity index (χ1) is 16.6. The lowest BCUT2D eigenvalue weighted by atomic mass is 10.1. The summed E-state index contributed by atoms with van der Waals surface area (Å²) >= 11 is 0. The second-order valence-corrected chi connectivity index (χ2v) is 7.83. The highest BCUT2D eigenvalue weighted by Crippen LogP contribution is 2.20. The third kappa shape index (κ3) is 4.23. The molecule has 3 aromatic heterocycles. The quantitative estimate of drug-likeness (QED) is 0.407. The smallest absolute Gasteiger partial charge is 0.274 e. The molecule has 0 fully saturated rings. The topological polar surface area (TPSA) is 99.7 Å². The van der Waals surface area contributed by atoms with E-state index in [0.717, 1.165) is 28.0 Å². The van der Waals surface area contributed by atoms with Gasteiger partial charge in [0.05, 0.1) is 12.8 Å². The van der Waals surface area contributed by atoms with E-state index in [-0.39, 0.29) is 5.91 Å². The molecule has 0 saturated carbocycles. The SMILES string of the molecule is COc1ccc2ncn(-c3ccc(CNC(=O)c4nnn(C)c4Cc4ccccc4)cc3)c2n1. The Morgan fingerprint density at radius 3 is 2.56 bits per heavy atom. The second-order valence-electron chi connectivity index (χ2n) is 7.83. The van der Waals surface area contributed by atoms with Crippen LogP contribution in [0.15, 0.2) is 73.1 Å². The second kappa shape index (κ2) is 9.14. The molecule has 1 amide bonds. The first-order valence-electron chi connectivity index (χ1n) is 10.8. The van der Waals surface area contributed by atoms with Gasteiger partial charge < -0.3 is 10.1 Å². The Labute approximate surface area is 196 Å². The van der Waals surface area contributed by atoms with Gasteiger partial charge in [-0.2, -0.15) is 4.98 Å². The van der Waals surface area contributed by atoms with Crippen molar-refractivity contribution in [3.05, 3.63) is 95.6 Å². The Kier molecular flexibility index (Phi) is 5.73. The molecule has 0 aliphatic heterocycles. The third-order valence-electron chi connectivity index (χ3n) is 5.62. The summed E-state index contributed by atoms with van der Waals surface area (Å²) in [6, 6.07) is 21.5. The molecule has 34 heavy (non-hydrogen) atoms. The number of carbonyl (C=O) groups excluding carboxylic acids is 1. The van der Waals surface area contributed by atoms with Crippen LogP contribution >= 0.6 is 0 Å². The van der Waals surface area contributed by atoms with Gasteiger partial charge in [0.1, 0.15) is 11.8 Å². The van der Waals surface area contributed by atoms with Crippen LogP contribution in [0.5, 0.6) is 5.88 Å². The van der Waals surface area contributed by atoms with Gasteiger partial charge in [-0.1, -0.05) is 47.7 Å². The summed E-state index contributed by atoms with van der Waals surface area (Å²) in [4.78, 5) is 21.7. The van der Waals surface area contributed by atoms with Crippen LogP contribution < -0.4 is 10.1 Å². The molecule has 3 heterocycles. The number of aryl methyl sites for hydroxylation is 1. The van der Waals surface area contributed by atoms with Gasteiger partial charge in [0.25, 0.3) is 5.91 Å². The van der Waals surface area contributed by atoms with E-state index < -0.39 is 0 Å². The fraction of sp³-hybridized carbons (Fsp3) is 0.160. The normalized spacial score (nSPS) is 11.0. The number of methoxy groups -OCH3 is 1. The number of amides is 1. The van der Waals surface area contributed by atoms with Crippen LogP contribution in [0.3, 0.4) is 0 Å². The van der Waals surface area contributed by atoms with Gasteiger partial charge in [0, 0.05) is 31.8 Å². The lowest BCUT2D eigenvalue weighted by molar-refractivity contribution is 0.0945. The number of benzene rings is 2. The Morgan fingerprint density at radius 1 is 1.00 bits per heavy atom. The van der Waals surface area contributed by atoms with Gasteiger partial charge in [-0.15, -0.1) is 5.10 Å². The van der Waals surface area contributed by atoms with E-state index in [1.807, 2.05) is 65.2 Å². The summed E-state index contributed by atoms with van der Waals surface area (Å²) in [5, 5.41) is 11.1. The largest absolute Gasteiger partial charge is 0.481 e. The molecule has 5 rings (SSSR count). The van der Waals surface area contributed by atoms with Crippen LogP contribution in [0.25, 0.3) is 16.9 Å². The number of nitrogens with zero attached hydrogens (tertiary/aromatic N) is 6. The maximum atomic E-state index is 12.8. The van der Waals surface area contributed by atoms with Crippen LogP contribution in [0.2, 0.25) is 0 Å². The van der Waals surface area contributed by atoms with E-state index >= 15 is 0 Å². The van der Waals surface area contributed by atoms with Gasteiger partial charge >= 0.3 is 0 Å². The number of carbonyl (C=O) groups is 1. The number of rotatable bonds is 7. The Morgan fingerprint density at radius 2 is 1.79 bits per heavy atom. The van der Waals surface area contributed by atoms with E-state index in [1.165, 1.54) is 0 Å². The minimum atomic E-state index is -0.250. The molecule has 0 atom stereocenters. The van der Waals surface area contributed by atoms with Gasteiger partial charge in [0.2, 0.25) is 5.88 Å². The van der Waals surface area contributed by atoms with Gasteiger partial charge in [-0.25, -0.2) is 4.98 Å². The predicted molar refractivity (Wildman–Crippen MR) is 127 cm³/mol. The molecule has 2 aromatic carbocycles. The van der Waals surface area contributed by atoms with E-state index in [1.54, 1.807) is 31.2 Å². The Bertz CT molecular complexity index is 1440. The highest BCUT2D eigenvalue weighted by atomic mass is 16.5. The summed E-state index contributed by atoms with van der Waals surface area (Å²) < 4.78 is 8.78. The molecule has 0 bridgehead atoms. The number of aromatic nitrogens is 6. The third-order valence-corrected chi connectivity index (χ3v) is 5.62. The monoisotopic (exact) mass is 453 g/mol. The number of hydrogen-bond acceptors (Lipinski definition) is 6. The van der Waals surface area contributed by atoms with E-state index in [4.69, 9.17) is 4.74 Å². The summed E-state index contributed by atoms with van der Waals surface area (Å²) in [6.45, 7) is 0.372. The Hall–Kier alpha value is -4.53. The summed E-state index contributed by atoms with van der Waals surface area (Å²) in [7, 11) is 3.38. The Balaban J connectivity index is 1.28. The molecule has 0 spiro atoms. The van der Waals surface area contributed by atoms with Crippen molar-refractivity contribution >= 4 is 17.1 Å². The molecule has 9 heteroatoms. The number of imidazole rings is 1. The number of fused-ring (bicyclic) bond motifs is 1. The van der Waals surface area contributed by atoms with E-state index in [2.05, 4.69) is 25.6 Å². The summed E-state index contributed by atoms with van der Waals surface area (Å²) in [5.41, 5.74) is 5.58. The lowest BCUT2D eigenvalue weighted by Crippen LogP contribution is -2.24. The molecule has 170 valence electrons. The van der Waals surface area contributed by atoms with Crippen molar-refractivity contribution in [2.45, 2.75) is 13.0 Å². The zero-order valence-electron chi connectivity index (χ0n) is 18.8. The average Bonchev–Trinajstić information content (AvgIpc) is 3.46. The summed E-state index contributed by atoms with van der Waals surface area (Å²) in [5.74, 6) is 0.282. The highest BCUT2D eigenvalue weighted by molar-refractivity contribution is 5.93. The van der Waals surface area contributed by atoms with Crippen molar-refractivity contribution in [1.82, 2.24) is 34.8 Å². The van der Waals surface area contributed by atoms with Crippen molar-refractivity contribution in [2.75, 3.05) is 7.11 Å². The van der Waals surface area contributed by atoms with Crippen LogP contribution in [0.1, 0.15) is 27.3 Å². The number of ether oxygens (including phenoxy) is 1. The molecule has 0 radical (unpaired) electrons. The first kappa shape index (κ1) is 21.3. The van der Waals surface area contributed by atoms with Crippen molar-refractivity contribution in [3.63, 3.8) is 0 Å². The minimum absolute atomic E-state index is 0.250. The molecule has 5 aromatic rings. The molecule has 0 aliphatic rings. The molecular weight excluding hydrogens is 430 g/mol. The van der Waals surface area contributed by atoms with Gasteiger partial charge in [-0.3, -0.25) is 14.0 Å². The molecular formula is C25H23N7O2. The van der Waals surface area contributed by atoms with Crippen molar-refractivity contribution < 1.29 is 9.53 Å². The molecule has 9 nitrogen and oxygen atoms in total. The fourth-order valence-electron chi connectivity index (χ4n) is 3.76. The maximum absolute atomic E-state index is 12.8. The first-order valence-corrected chi connectivity index (χ1v) is 10.8. The van der Waals surface area contributed by atoms with Crippen LogP contribution in [0, 0.1) is 0 Å². The molecule has 0 unspecified atom stereocenters. The highest BCUT2D eigenvalue weighted by Gasteiger charge is 2.18. The average molecular weight is 454 g/mol. The maximum Gasteiger partial charge on any atom is 0.274 e. The summed E-state index contributed by atoms with van der Waals surface area (Å²) in [6.07, 6.45) is 2.32. The molecule has 0 saturated heterocycles. The molecule has 1 N–H and O–H groups in total. The fourth-order valence-corrected chi connectivity index (χ4v) is 3.76. The standard InChI is InChI=1S/C25H23N7O2/c1-31-21(14-17-6-4-3-5-7-17)23(29-30-31)25(33)26-15-18-8-10-19(11-9-18)32-16-27-20-12-13-22(34-2)28-24(20)32/h3-13,16H,14-15H2,1-2H3,(H,26,33). The van der Waals surface area contributed by atoms with Crippen molar-refractivity contribution in [2.24, 2.45) is 7.05 Å². The van der Waals surface area contributed by atoms with Crippen molar-refractivity contribution in [3.8, 4) is 11.6 Å².